The van der Waals surface area contributed by atoms with Crippen molar-refractivity contribution in [3.05, 3.63) is 18.2 Å². The number of hydrogen-bond acceptors (Lipinski definition) is 6. The van der Waals surface area contributed by atoms with E-state index in [4.69, 9.17) is 14.2 Å². The van der Waals surface area contributed by atoms with Gasteiger partial charge in [0.25, 0.3) is 5.91 Å². The van der Waals surface area contributed by atoms with Crippen LogP contribution in [0.25, 0.3) is 0 Å². The van der Waals surface area contributed by atoms with E-state index >= 15 is 0 Å². The zero-order chi connectivity index (χ0) is 20.1. The number of esters is 1. The minimum atomic E-state index is -0.933. The highest BCUT2D eigenvalue weighted by Crippen LogP contribution is 2.46. The maximum atomic E-state index is 13.1. The van der Waals surface area contributed by atoms with E-state index in [1.165, 1.54) is 0 Å². The first-order chi connectivity index (χ1) is 13.2. The maximum Gasteiger partial charge on any atom is 0.331 e. The molecule has 0 bridgehead atoms. The second kappa shape index (κ2) is 6.39. The van der Waals surface area contributed by atoms with Crippen LogP contribution in [0.3, 0.4) is 0 Å². The number of nitrogens with zero attached hydrogens (tertiary/aromatic N) is 1. The standard InChI is InChI=1S/C20H24N2O6/c1-12-7-19(2,3)10-20(8-12)17(24)22(18(25)21-20)9-16(23)28-13-4-5-14-15(6-13)27-11-26-14/h4-6,12H,7-11H2,1-3H3,(H,21,25)/t12-,20-/m0/s1. The number of imide groups is 1. The molecular weight excluding hydrogens is 364 g/mol. The van der Waals surface area contributed by atoms with Crippen LogP contribution < -0.4 is 19.5 Å². The smallest absolute Gasteiger partial charge is 0.331 e. The van der Waals surface area contributed by atoms with Crippen LogP contribution in [0.5, 0.6) is 17.2 Å². The fourth-order valence-corrected chi connectivity index (χ4v) is 4.88. The van der Waals surface area contributed by atoms with E-state index in [1.54, 1.807) is 18.2 Å². The third-order valence-electron chi connectivity index (χ3n) is 5.49. The number of amides is 3. The quantitative estimate of drug-likeness (QED) is 0.486. The summed E-state index contributed by atoms with van der Waals surface area (Å²) in [4.78, 5) is 38.8. The SMILES string of the molecule is C[C@H]1CC(C)(C)C[C@]2(C1)NC(=O)N(CC(=O)Oc1ccc3c(c1)OCO3)C2=O. The summed E-state index contributed by atoms with van der Waals surface area (Å²) in [5.74, 6) is 0.585. The fraction of sp³-hybridized carbons (Fsp3) is 0.550. The molecule has 150 valence electrons. The van der Waals surface area contributed by atoms with E-state index in [9.17, 15) is 14.4 Å². The first kappa shape index (κ1) is 18.6. The Labute approximate surface area is 163 Å². The number of urea groups is 1. The summed E-state index contributed by atoms with van der Waals surface area (Å²) in [6, 6.07) is 4.21. The summed E-state index contributed by atoms with van der Waals surface area (Å²) in [5.41, 5.74) is -0.999. The molecule has 1 spiro atoms. The molecule has 1 saturated heterocycles. The zero-order valence-corrected chi connectivity index (χ0v) is 16.2. The maximum absolute atomic E-state index is 13.1. The minimum Gasteiger partial charge on any atom is -0.454 e. The number of benzene rings is 1. The van der Waals surface area contributed by atoms with Gasteiger partial charge in [-0.3, -0.25) is 9.69 Å². The Hall–Kier alpha value is -2.77. The van der Waals surface area contributed by atoms with E-state index < -0.39 is 24.1 Å². The lowest BCUT2D eigenvalue weighted by atomic mass is 9.64. The molecule has 8 heteroatoms. The van der Waals surface area contributed by atoms with Gasteiger partial charge in [0.1, 0.15) is 17.8 Å². The van der Waals surface area contributed by atoms with Gasteiger partial charge >= 0.3 is 12.0 Å². The fourth-order valence-electron chi connectivity index (χ4n) is 4.88. The summed E-state index contributed by atoms with van der Waals surface area (Å²) in [6.07, 6.45) is 2.13. The van der Waals surface area contributed by atoms with Gasteiger partial charge in [-0.05, 0) is 42.7 Å². The van der Waals surface area contributed by atoms with Crippen LogP contribution in [0.15, 0.2) is 18.2 Å². The largest absolute Gasteiger partial charge is 0.454 e. The minimum absolute atomic E-state index is 0.0659. The zero-order valence-electron chi connectivity index (χ0n) is 16.2. The highest BCUT2D eigenvalue weighted by atomic mass is 16.7. The van der Waals surface area contributed by atoms with E-state index in [0.29, 0.717) is 30.3 Å². The Morgan fingerprint density at radius 3 is 2.75 bits per heavy atom. The molecule has 1 aromatic carbocycles. The summed E-state index contributed by atoms with van der Waals surface area (Å²) in [7, 11) is 0. The molecular formula is C20H24N2O6. The summed E-state index contributed by atoms with van der Waals surface area (Å²) < 4.78 is 15.8. The lowest BCUT2D eigenvalue weighted by Crippen LogP contribution is -2.54. The van der Waals surface area contributed by atoms with Gasteiger partial charge in [-0.15, -0.1) is 0 Å². The number of nitrogens with one attached hydrogen (secondary N) is 1. The number of hydrogen-bond donors (Lipinski definition) is 1. The van der Waals surface area contributed by atoms with E-state index in [1.807, 2.05) is 0 Å². The average molecular weight is 388 g/mol. The van der Waals surface area contributed by atoms with Crippen LogP contribution in [0, 0.1) is 11.3 Å². The van der Waals surface area contributed by atoms with Gasteiger partial charge in [0.2, 0.25) is 6.79 Å². The molecule has 2 heterocycles. The van der Waals surface area contributed by atoms with Crippen molar-refractivity contribution in [3.8, 4) is 17.2 Å². The normalized spacial score (nSPS) is 27.8. The molecule has 0 unspecified atom stereocenters. The monoisotopic (exact) mass is 388 g/mol. The Morgan fingerprint density at radius 1 is 1.25 bits per heavy atom. The van der Waals surface area contributed by atoms with Crippen molar-refractivity contribution >= 4 is 17.9 Å². The van der Waals surface area contributed by atoms with Crippen molar-refractivity contribution in [3.63, 3.8) is 0 Å². The molecule has 2 fully saturated rings. The van der Waals surface area contributed by atoms with Gasteiger partial charge < -0.3 is 19.5 Å². The van der Waals surface area contributed by atoms with E-state index in [2.05, 4.69) is 26.1 Å². The van der Waals surface area contributed by atoms with E-state index in [0.717, 1.165) is 11.3 Å². The molecule has 0 aromatic heterocycles. The molecule has 1 N–H and O–H groups in total. The van der Waals surface area contributed by atoms with Crippen molar-refractivity contribution in [2.75, 3.05) is 13.3 Å². The summed E-state index contributed by atoms with van der Waals surface area (Å²) in [5, 5.41) is 2.85. The molecule has 2 aliphatic heterocycles. The van der Waals surface area contributed by atoms with Crippen molar-refractivity contribution in [2.45, 2.75) is 45.6 Å². The van der Waals surface area contributed by atoms with Gasteiger partial charge in [-0.25, -0.2) is 9.59 Å². The Morgan fingerprint density at radius 2 is 2.00 bits per heavy atom. The van der Waals surface area contributed by atoms with Crippen molar-refractivity contribution in [1.29, 1.82) is 0 Å². The Balaban J connectivity index is 1.45. The van der Waals surface area contributed by atoms with Crippen LogP contribution in [0.2, 0.25) is 0 Å². The number of carbonyl (C=O) groups excluding carboxylic acids is 3. The van der Waals surface area contributed by atoms with E-state index in [-0.39, 0.29) is 23.9 Å². The molecule has 3 amide bonds. The second-order valence-corrected chi connectivity index (χ2v) is 8.75. The highest BCUT2D eigenvalue weighted by molar-refractivity contribution is 6.08. The molecule has 8 nitrogen and oxygen atoms in total. The molecule has 1 saturated carbocycles. The summed E-state index contributed by atoms with van der Waals surface area (Å²) in [6.45, 7) is 5.96. The van der Waals surface area contributed by atoms with Gasteiger partial charge in [0.05, 0.1) is 0 Å². The number of fused-ring (bicyclic) bond motifs is 1. The predicted molar refractivity (Wildman–Crippen MR) is 98.0 cm³/mol. The Bertz CT molecular complexity index is 851. The molecule has 2 atom stereocenters. The Kier molecular flexibility index (Phi) is 4.24. The second-order valence-electron chi connectivity index (χ2n) is 8.75. The first-order valence-electron chi connectivity index (χ1n) is 9.42. The topological polar surface area (TPSA) is 94.2 Å². The molecule has 3 aliphatic rings. The molecule has 0 radical (unpaired) electrons. The van der Waals surface area contributed by atoms with Crippen LogP contribution in [0.1, 0.15) is 40.0 Å². The molecule has 1 aliphatic carbocycles. The number of ether oxygens (including phenoxy) is 3. The van der Waals surface area contributed by atoms with Gasteiger partial charge in [0.15, 0.2) is 11.5 Å². The van der Waals surface area contributed by atoms with Crippen LogP contribution in [0.4, 0.5) is 4.79 Å². The molecule has 1 aromatic rings. The molecule has 4 rings (SSSR count). The summed E-state index contributed by atoms with van der Waals surface area (Å²) >= 11 is 0. The third-order valence-corrected chi connectivity index (χ3v) is 5.49. The van der Waals surface area contributed by atoms with Crippen LogP contribution in [-0.2, 0) is 9.59 Å². The van der Waals surface area contributed by atoms with Crippen molar-refractivity contribution < 1.29 is 28.6 Å². The van der Waals surface area contributed by atoms with Crippen LogP contribution >= 0.6 is 0 Å². The highest BCUT2D eigenvalue weighted by Gasteiger charge is 2.56. The first-order valence-corrected chi connectivity index (χ1v) is 9.42. The van der Waals surface area contributed by atoms with Crippen molar-refractivity contribution in [1.82, 2.24) is 10.2 Å². The van der Waals surface area contributed by atoms with Gasteiger partial charge in [-0.2, -0.15) is 0 Å². The van der Waals surface area contributed by atoms with Crippen molar-refractivity contribution in [2.24, 2.45) is 11.3 Å². The van der Waals surface area contributed by atoms with Crippen LogP contribution in [-0.4, -0.2) is 41.7 Å². The van der Waals surface area contributed by atoms with Gasteiger partial charge in [0, 0.05) is 6.07 Å². The lowest BCUT2D eigenvalue weighted by Gasteiger charge is -2.43. The molecule has 28 heavy (non-hydrogen) atoms. The third kappa shape index (κ3) is 3.27. The van der Waals surface area contributed by atoms with Gasteiger partial charge in [-0.1, -0.05) is 20.8 Å². The average Bonchev–Trinajstić information content (AvgIpc) is 3.11. The number of carbonyl (C=O) groups is 3. The predicted octanol–water partition coefficient (Wildman–Crippen LogP) is 2.46. The lowest BCUT2D eigenvalue weighted by molar-refractivity contribution is -0.142. The number of rotatable bonds is 3.